The number of amides is 1. The van der Waals surface area contributed by atoms with Crippen molar-refractivity contribution in [3.05, 3.63) is 54.0 Å². The second kappa shape index (κ2) is 8.16. The predicted molar refractivity (Wildman–Crippen MR) is 118 cm³/mol. The molecule has 2 aromatic heterocycles. The summed E-state index contributed by atoms with van der Waals surface area (Å²) >= 11 is 0. The van der Waals surface area contributed by atoms with Crippen LogP contribution < -0.4 is 11.1 Å². The number of carbonyl (C=O) groups is 2. The molecular weight excluding hydrogens is 413 g/mol. The Morgan fingerprint density at radius 2 is 1.97 bits per heavy atom. The number of pyridine rings is 2. The number of hydroxylamine groups is 2. The van der Waals surface area contributed by atoms with Gasteiger partial charge in [0.05, 0.1) is 35.8 Å². The summed E-state index contributed by atoms with van der Waals surface area (Å²) in [5.74, 6) is -0.837. The van der Waals surface area contributed by atoms with Crippen molar-refractivity contribution in [2.45, 2.75) is 26.8 Å². The quantitative estimate of drug-likeness (QED) is 0.646. The Balaban J connectivity index is 1.49. The number of nitrogen functional groups attached to an aromatic ring is 1. The van der Waals surface area contributed by atoms with Crippen LogP contribution in [0.15, 0.2) is 42.6 Å². The van der Waals surface area contributed by atoms with E-state index in [2.05, 4.69) is 15.3 Å². The first-order chi connectivity index (χ1) is 15.1. The standard InChI is InChI=1S/C23H24FN5O3/c1-23(2,3)22(31)32-29-11-15(12-29)27-21(30)17-10-26-20(25)19-16(17)7-8-18(28-19)13-5-4-6-14(24)9-13/h4-10,15H,11-12H2,1-3H3,(H2,25,26)(H,27,30). The molecule has 9 heteroatoms. The number of fused-ring (bicyclic) bond motifs is 1. The van der Waals surface area contributed by atoms with Crippen molar-refractivity contribution in [3.8, 4) is 11.3 Å². The van der Waals surface area contributed by atoms with Gasteiger partial charge in [0.1, 0.15) is 17.2 Å². The smallest absolute Gasteiger partial charge is 0.330 e. The third-order valence-corrected chi connectivity index (χ3v) is 5.13. The number of nitrogens with one attached hydrogen (secondary N) is 1. The average molecular weight is 437 g/mol. The lowest BCUT2D eigenvalue weighted by Gasteiger charge is -2.38. The van der Waals surface area contributed by atoms with Gasteiger partial charge in [0.2, 0.25) is 0 Å². The molecule has 32 heavy (non-hydrogen) atoms. The van der Waals surface area contributed by atoms with Crippen molar-refractivity contribution in [1.29, 1.82) is 0 Å². The number of hydrogen-bond acceptors (Lipinski definition) is 7. The topological polar surface area (TPSA) is 110 Å². The van der Waals surface area contributed by atoms with Crippen LogP contribution in [0.25, 0.3) is 22.2 Å². The van der Waals surface area contributed by atoms with E-state index in [1.807, 2.05) is 0 Å². The Morgan fingerprint density at radius 1 is 1.22 bits per heavy atom. The maximum Gasteiger partial charge on any atom is 0.330 e. The van der Waals surface area contributed by atoms with Gasteiger partial charge in [-0.1, -0.05) is 12.1 Å². The highest BCUT2D eigenvalue weighted by Gasteiger charge is 2.34. The average Bonchev–Trinajstić information content (AvgIpc) is 2.71. The third-order valence-electron chi connectivity index (χ3n) is 5.13. The molecule has 4 rings (SSSR count). The van der Waals surface area contributed by atoms with E-state index >= 15 is 0 Å². The summed E-state index contributed by atoms with van der Waals surface area (Å²) < 4.78 is 13.6. The molecule has 3 heterocycles. The Labute approximate surface area is 184 Å². The van der Waals surface area contributed by atoms with Crippen LogP contribution in [-0.4, -0.2) is 46.0 Å². The highest BCUT2D eigenvalue weighted by Crippen LogP contribution is 2.26. The zero-order valence-corrected chi connectivity index (χ0v) is 18.1. The van der Waals surface area contributed by atoms with Gasteiger partial charge in [0.25, 0.3) is 5.91 Å². The second-order valence-corrected chi connectivity index (χ2v) is 8.81. The molecule has 0 spiro atoms. The number of aromatic nitrogens is 2. The third kappa shape index (κ3) is 4.38. The van der Waals surface area contributed by atoms with Crippen LogP contribution in [0.4, 0.5) is 10.2 Å². The van der Waals surface area contributed by atoms with Gasteiger partial charge in [-0.15, -0.1) is 5.06 Å². The molecule has 1 fully saturated rings. The molecule has 166 valence electrons. The number of nitrogens with two attached hydrogens (primary N) is 1. The van der Waals surface area contributed by atoms with Crippen LogP contribution in [0.1, 0.15) is 31.1 Å². The van der Waals surface area contributed by atoms with Gasteiger partial charge in [-0.3, -0.25) is 4.79 Å². The first-order valence-electron chi connectivity index (χ1n) is 10.2. The number of halogens is 1. The molecule has 1 saturated heterocycles. The first-order valence-corrected chi connectivity index (χ1v) is 10.2. The molecule has 0 aliphatic carbocycles. The highest BCUT2D eigenvalue weighted by atomic mass is 19.1. The molecule has 8 nitrogen and oxygen atoms in total. The molecule has 3 N–H and O–H groups in total. The largest absolute Gasteiger partial charge is 0.382 e. The Morgan fingerprint density at radius 3 is 2.66 bits per heavy atom. The van der Waals surface area contributed by atoms with E-state index in [0.717, 1.165) is 0 Å². The number of nitrogens with zero attached hydrogens (tertiary/aromatic N) is 3. The zero-order chi connectivity index (χ0) is 23.0. The molecule has 3 aromatic rings. The lowest BCUT2D eigenvalue weighted by Crippen LogP contribution is -2.59. The van der Waals surface area contributed by atoms with E-state index in [0.29, 0.717) is 40.8 Å². The summed E-state index contributed by atoms with van der Waals surface area (Å²) in [5.41, 5.74) is 7.23. The Bertz CT molecular complexity index is 1200. The van der Waals surface area contributed by atoms with Crippen molar-refractivity contribution in [2.75, 3.05) is 18.8 Å². The van der Waals surface area contributed by atoms with Crippen molar-refractivity contribution >= 4 is 28.6 Å². The molecular formula is C23H24FN5O3. The van der Waals surface area contributed by atoms with Crippen molar-refractivity contribution in [1.82, 2.24) is 20.3 Å². The number of hydrogen-bond donors (Lipinski definition) is 2. The summed E-state index contributed by atoms with van der Waals surface area (Å²) in [7, 11) is 0. The molecule has 1 aliphatic heterocycles. The summed E-state index contributed by atoms with van der Waals surface area (Å²) in [6.07, 6.45) is 1.41. The summed E-state index contributed by atoms with van der Waals surface area (Å²) in [5, 5.41) is 4.98. The molecule has 0 bridgehead atoms. The Kier molecular flexibility index (Phi) is 5.52. The fraction of sp³-hybridized carbons (Fsp3) is 0.304. The van der Waals surface area contributed by atoms with Gasteiger partial charge in [-0.05, 0) is 45.0 Å². The van der Waals surface area contributed by atoms with Gasteiger partial charge >= 0.3 is 5.97 Å². The van der Waals surface area contributed by atoms with Crippen LogP contribution in [0.2, 0.25) is 0 Å². The zero-order valence-electron chi connectivity index (χ0n) is 18.1. The fourth-order valence-corrected chi connectivity index (χ4v) is 3.25. The minimum Gasteiger partial charge on any atom is -0.382 e. The second-order valence-electron chi connectivity index (χ2n) is 8.81. The monoisotopic (exact) mass is 437 g/mol. The summed E-state index contributed by atoms with van der Waals surface area (Å²) in [6, 6.07) is 9.35. The minimum atomic E-state index is -0.597. The Hall–Kier alpha value is -3.59. The summed E-state index contributed by atoms with van der Waals surface area (Å²) in [4.78, 5) is 38.7. The minimum absolute atomic E-state index is 0.164. The summed E-state index contributed by atoms with van der Waals surface area (Å²) in [6.45, 7) is 6.13. The van der Waals surface area contributed by atoms with Crippen LogP contribution in [0.3, 0.4) is 0 Å². The van der Waals surface area contributed by atoms with Crippen LogP contribution in [-0.2, 0) is 9.63 Å². The van der Waals surface area contributed by atoms with Crippen molar-refractivity contribution < 1.29 is 18.8 Å². The molecule has 1 aliphatic rings. The van der Waals surface area contributed by atoms with Gasteiger partial charge in [-0.2, -0.15) is 0 Å². The van der Waals surface area contributed by atoms with Crippen LogP contribution >= 0.6 is 0 Å². The first kappa shape index (κ1) is 21.6. The lowest BCUT2D eigenvalue weighted by atomic mass is 9.98. The predicted octanol–water partition coefficient (Wildman–Crippen LogP) is 2.94. The number of anilines is 1. The van der Waals surface area contributed by atoms with Crippen LogP contribution in [0.5, 0.6) is 0 Å². The van der Waals surface area contributed by atoms with Crippen molar-refractivity contribution in [3.63, 3.8) is 0 Å². The van der Waals surface area contributed by atoms with E-state index in [1.165, 1.54) is 23.4 Å². The van der Waals surface area contributed by atoms with Gasteiger partial charge in [-0.25, -0.2) is 19.2 Å². The lowest BCUT2D eigenvalue weighted by molar-refractivity contribution is -0.221. The van der Waals surface area contributed by atoms with E-state index in [1.54, 1.807) is 45.0 Å². The van der Waals surface area contributed by atoms with Gasteiger partial charge < -0.3 is 15.9 Å². The number of rotatable bonds is 4. The maximum absolute atomic E-state index is 13.6. The van der Waals surface area contributed by atoms with Crippen molar-refractivity contribution in [2.24, 2.45) is 5.41 Å². The molecule has 0 radical (unpaired) electrons. The van der Waals surface area contributed by atoms with E-state index < -0.39 is 5.41 Å². The SMILES string of the molecule is CC(C)(C)C(=O)ON1CC(NC(=O)c2cnc(N)c3nc(-c4cccc(F)c4)ccc23)C1. The maximum atomic E-state index is 13.6. The number of carbonyl (C=O) groups excluding carboxylic acids is 2. The number of benzene rings is 1. The molecule has 1 aromatic carbocycles. The molecule has 0 saturated carbocycles. The van der Waals surface area contributed by atoms with E-state index in [9.17, 15) is 14.0 Å². The van der Waals surface area contributed by atoms with Gasteiger partial charge in [0, 0.05) is 17.1 Å². The highest BCUT2D eigenvalue weighted by molar-refractivity contribution is 6.08. The molecule has 1 amide bonds. The molecule has 0 unspecified atom stereocenters. The van der Waals surface area contributed by atoms with E-state index in [-0.39, 0.29) is 29.6 Å². The fourth-order valence-electron chi connectivity index (χ4n) is 3.25. The molecule has 0 atom stereocenters. The normalized spacial score (nSPS) is 14.8. The van der Waals surface area contributed by atoms with Crippen LogP contribution in [0, 0.1) is 11.2 Å². The van der Waals surface area contributed by atoms with Gasteiger partial charge in [0.15, 0.2) is 0 Å². The van der Waals surface area contributed by atoms with E-state index in [4.69, 9.17) is 10.6 Å².